The second kappa shape index (κ2) is 3.23. The van der Waals surface area contributed by atoms with Crippen LogP contribution >= 0.6 is 0 Å². The SMILES string of the molecule is O=c1ncc2c([nH]1)C=CC=CC=C2. The predicted octanol–water partition coefficient (Wildman–Crippen LogP) is 1.37. The van der Waals surface area contributed by atoms with Gasteiger partial charge in [-0.15, -0.1) is 0 Å². The fraction of sp³-hybridized carbons (Fsp3) is 0. The van der Waals surface area contributed by atoms with Crippen molar-refractivity contribution in [2.75, 3.05) is 0 Å². The van der Waals surface area contributed by atoms with Gasteiger partial charge in [0.1, 0.15) is 0 Å². The molecule has 0 spiro atoms. The molecular formula is C10H8N2O. The van der Waals surface area contributed by atoms with Crippen LogP contribution in [-0.2, 0) is 0 Å². The Morgan fingerprint density at radius 3 is 2.69 bits per heavy atom. The van der Waals surface area contributed by atoms with E-state index in [1.54, 1.807) is 6.20 Å². The highest BCUT2D eigenvalue weighted by molar-refractivity contribution is 5.64. The van der Waals surface area contributed by atoms with Crippen molar-refractivity contribution in [2.24, 2.45) is 0 Å². The van der Waals surface area contributed by atoms with Crippen molar-refractivity contribution in [3.63, 3.8) is 0 Å². The molecule has 0 aliphatic heterocycles. The Morgan fingerprint density at radius 1 is 1.08 bits per heavy atom. The molecule has 0 atom stereocenters. The van der Waals surface area contributed by atoms with Gasteiger partial charge >= 0.3 is 5.69 Å². The molecule has 0 radical (unpaired) electrons. The smallest absolute Gasteiger partial charge is 0.305 e. The molecule has 0 amide bonds. The van der Waals surface area contributed by atoms with E-state index in [2.05, 4.69) is 9.97 Å². The number of allylic oxidation sites excluding steroid dienone is 4. The minimum Gasteiger partial charge on any atom is -0.305 e. The summed E-state index contributed by atoms with van der Waals surface area (Å²) in [7, 11) is 0. The van der Waals surface area contributed by atoms with Gasteiger partial charge in [0, 0.05) is 11.8 Å². The van der Waals surface area contributed by atoms with Gasteiger partial charge in [0.15, 0.2) is 0 Å². The molecule has 0 saturated carbocycles. The fourth-order valence-electron chi connectivity index (χ4n) is 1.13. The fourth-order valence-corrected chi connectivity index (χ4v) is 1.13. The van der Waals surface area contributed by atoms with Gasteiger partial charge in [0.05, 0.1) is 5.69 Å². The summed E-state index contributed by atoms with van der Waals surface area (Å²) in [5, 5.41) is 0. The van der Waals surface area contributed by atoms with Crippen molar-refractivity contribution in [1.29, 1.82) is 0 Å². The van der Waals surface area contributed by atoms with E-state index >= 15 is 0 Å². The predicted molar refractivity (Wildman–Crippen MR) is 52.1 cm³/mol. The molecule has 3 nitrogen and oxygen atoms in total. The number of nitrogens with zero attached hydrogens (tertiary/aromatic N) is 1. The monoisotopic (exact) mass is 172 g/mol. The highest BCUT2D eigenvalue weighted by atomic mass is 16.1. The van der Waals surface area contributed by atoms with Gasteiger partial charge in [0.25, 0.3) is 0 Å². The number of aromatic nitrogens is 2. The Bertz CT molecular complexity index is 452. The van der Waals surface area contributed by atoms with E-state index in [1.807, 2.05) is 36.5 Å². The number of aromatic amines is 1. The summed E-state index contributed by atoms with van der Waals surface area (Å²) in [6.45, 7) is 0. The molecule has 0 fully saturated rings. The Balaban J connectivity index is 2.62. The van der Waals surface area contributed by atoms with Crippen LogP contribution in [0, 0.1) is 0 Å². The van der Waals surface area contributed by atoms with E-state index in [1.165, 1.54) is 0 Å². The summed E-state index contributed by atoms with van der Waals surface area (Å²) in [6, 6.07) is 0. The maximum Gasteiger partial charge on any atom is 0.345 e. The summed E-state index contributed by atoms with van der Waals surface area (Å²) >= 11 is 0. The average Bonchev–Trinajstić information content (AvgIpc) is 2.08. The summed E-state index contributed by atoms with van der Waals surface area (Å²) in [5.41, 5.74) is 1.39. The molecule has 1 aromatic rings. The zero-order valence-corrected chi connectivity index (χ0v) is 6.90. The highest BCUT2D eigenvalue weighted by Gasteiger charge is 1.97. The number of rotatable bonds is 0. The zero-order chi connectivity index (χ0) is 9.10. The molecule has 0 saturated heterocycles. The van der Waals surface area contributed by atoms with E-state index in [-0.39, 0.29) is 5.69 Å². The van der Waals surface area contributed by atoms with E-state index in [0.717, 1.165) is 11.3 Å². The lowest BCUT2D eigenvalue weighted by Crippen LogP contribution is -2.11. The summed E-state index contributed by atoms with van der Waals surface area (Å²) < 4.78 is 0. The first-order valence-electron chi connectivity index (χ1n) is 3.97. The number of fused-ring (bicyclic) bond motifs is 1. The molecule has 1 heterocycles. The van der Waals surface area contributed by atoms with E-state index in [4.69, 9.17) is 0 Å². The lowest BCUT2D eigenvalue weighted by Gasteiger charge is -1.99. The zero-order valence-electron chi connectivity index (χ0n) is 6.90. The van der Waals surface area contributed by atoms with E-state index in [9.17, 15) is 4.79 Å². The van der Waals surface area contributed by atoms with Crippen molar-refractivity contribution in [2.45, 2.75) is 0 Å². The largest absolute Gasteiger partial charge is 0.345 e. The minimum absolute atomic E-state index is 0.318. The third-order valence-corrected chi connectivity index (χ3v) is 1.75. The highest BCUT2D eigenvalue weighted by Crippen LogP contribution is 2.08. The lowest BCUT2D eigenvalue weighted by atomic mass is 10.1. The second-order valence-corrected chi connectivity index (χ2v) is 2.66. The van der Waals surface area contributed by atoms with Gasteiger partial charge in [0.2, 0.25) is 0 Å². The molecule has 1 aliphatic carbocycles. The van der Waals surface area contributed by atoms with Crippen LogP contribution in [0.25, 0.3) is 12.2 Å². The van der Waals surface area contributed by atoms with Gasteiger partial charge in [-0.25, -0.2) is 9.78 Å². The molecule has 0 aromatic carbocycles. The maximum atomic E-state index is 10.9. The van der Waals surface area contributed by atoms with Gasteiger partial charge < -0.3 is 4.98 Å². The number of hydrogen-bond donors (Lipinski definition) is 1. The average molecular weight is 172 g/mol. The van der Waals surface area contributed by atoms with Crippen LogP contribution in [0.2, 0.25) is 0 Å². The minimum atomic E-state index is -0.318. The van der Waals surface area contributed by atoms with Crippen LogP contribution in [-0.4, -0.2) is 9.97 Å². The molecular weight excluding hydrogens is 164 g/mol. The van der Waals surface area contributed by atoms with Gasteiger partial charge in [-0.2, -0.15) is 0 Å². The molecule has 0 bridgehead atoms. The maximum absolute atomic E-state index is 10.9. The number of hydrogen-bond acceptors (Lipinski definition) is 2. The number of H-pyrrole nitrogens is 1. The third kappa shape index (κ3) is 1.64. The molecule has 64 valence electrons. The van der Waals surface area contributed by atoms with Gasteiger partial charge in [-0.3, -0.25) is 0 Å². The molecule has 3 heteroatoms. The third-order valence-electron chi connectivity index (χ3n) is 1.75. The first-order chi connectivity index (χ1) is 6.36. The van der Waals surface area contributed by atoms with Crippen molar-refractivity contribution in [1.82, 2.24) is 9.97 Å². The second-order valence-electron chi connectivity index (χ2n) is 2.66. The molecule has 13 heavy (non-hydrogen) atoms. The quantitative estimate of drug-likeness (QED) is 0.642. The van der Waals surface area contributed by atoms with Gasteiger partial charge in [-0.05, 0) is 6.08 Å². The van der Waals surface area contributed by atoms with E-state index in [0.29, 0.717) is 0 Å². The molecule has 1 N–H and O–H groups in total. The van der Waals surface area contributed by atoms with Crippen LogP contribution < -0.4 is 5.69 Å². The van der Waals surface area contributed by atoms with Crippen LogP contribution in [0.3, 0.4) is 0 Å². The Hall–Kier alpha value is -1.90. The normalized spacial score (nSPS) is 13.5. The summed E-state index contributed by atoms with van der Waals surface area (Å²) in [6.07, 6.45) is 12.9. The van der Waals surface area contributed by atoms with Crippen molar-refractivity contribution in [3.8, 4) is 0 Å². The van der Waals surface area contributed by atoms with Crippen LogP contribution in [0.4, 0.5) is 0 Å². The van der Waals surface area contributed by atoms with Crippen molar-refractivity contribution in [3.05, 3.63) is 52.2 Å². The lowest BCUT2D eigenvalue weighted by molar-refractivity contribution is 1.06. The Morgan fingerprint density at radius 2 is 1.85 bits per heavy atom. The van der Waals surface area contributed by atoms with Crippen molar-refractivity contribution < 1.29 is 0 Å². The van der Waals surface area contributed by atoms with Crippen LogP contribution in [0.15, 0.2) is 35.3 Å². The Labute approximate surface area is 75.1 Å². The Kier molecular flexibility index (Phi) is 1.92. The standard InChI is InChI=1S/C10H8N2O/c13-10-11-7-8-5-3-1-2-4-6-9(8)12-10/h1-7H,(H,11,12,13). The molecule has 2 rings (SSSR count). The first kappa shape index (κ1) is 7.73. The van der Waals surface area contributed by atoms with E-state index < -0.39 is 0 Å². The summed E-state index contributed by atoms with van der Waals surface area (Å²) in [5.74, 6) is 0. The topological polar surface area (TPSA) is 45.8 Å². The van der Waals surface area contributed by atoms with Crippen LogP contribution in [0.1, 0.15) is 11.3 Å². The summed E-state index contributed by atoms with van der Waals surface area (Å²) in [4.78, 5) is 17.2. The molecule has 1 aromatic heterocycles. The van der Waals surface area contributed by atoms with Gasteiger partial charge in [-0.1, -0.05) is 30.4 Å². The first-order valence-corrected chi connectivity index (χ1v) is 3.97. The molecule has 0 unspecified atom stereocenters. The van der Waals surface area contributed by atoms with Crippen molar-refractivity contribution >= 4 is 12.2 Å². The number of nitrogens with one attached hydrogen (secondary N) is 1. The molecule has 1 aliphatic rings. The van der Waals surface area contributed by atoms with Crippen LogP contribution in [0.5, 0.6) is 0 Å².